The lowest BCUT2D eigenvalue weighted by atomic mass is 10.0. The van der Waals surface area contributed by atoms with E-state index in [1.807, 2.05) is 0 Å². The lowest BCUT2D eigenvalue weighted by molar-refractivity contribution is 0.0765. The SMILES string of the molecule is Cc1ccc(C(c2nnnn2C2CCCC2)N2CCN(C3CCCC3)CC2)cc1. The molecule has 0 radical (unpaired) electrons. The van der Waals surface area contributed by atoms with Crippen LogP contribution in [-0.4, -0.2) is 62.2 Å². The average Bonchev–Trinajstić information content (AvgIpc) is 3.52. The third-order valence-electron chi connectivity index (χ3n) is 7.38. The van der Waals surface area contributed by atoms with E-state index in [0.29, 0.717) is 6.04 Å². The molecule has 3 fully saturated rings. The predicted molar refractivity (Wildman–Crippen MR) is 114 cm³/mol. The van der Waals surface area contributed by atoms with Crippen LogP contribution in [0.4, 0.5) is 0 Å². The number of piperazine rings is 1. The zero-order valence-electron chi connectivity index (χ0n) is 17.7. The van der Waals surface area contributed by atoms with Crippen LogP contribution in [0.15, 0.2) is 24.3 Å². The monoisotopic (exact) mass is 394 g/mol. The fraction of sp³-hybridized carbons (Fsp3) is 0.696. The van der Waals surface area contributed by atoms with Gasteiger partial charge in [-0.25, -0.2) is 4.68 Å². The first-order valence-corrected chi connectivity index (χ1v) is 11.6. The minimum atomic E-state index is 0.150. The van der Waals surface area contributed by atoms with Crippen LogP contribution in [0.1, 0.15) is 80.4 Å². The first kappa shape index (κ1) is 19.2. The lowest BCUT2D eigenvalue weighted by Crippen LogP contribution is -2.51. The van der Waals surface area contributed by atoms with Gasteiger partial charge >= 0.3 is 0 Å². The van der Waals surface area contributed by atoms with Crippen molar-refractivity contribution in [2.24, 2.45) is 0 Å². The summed E-state index contributed by atoms with van der Waals surface area (Å²) in [5, 5.41) is 13.2. The highest BCUT2D eigenvalue weighted by Gasteiger charge is 2.34. The number of hydrogen-bond acceptors (Lipinski definition) is 5. The summed E-state index contributed by atoms with van der Waals surface area (Å²) in [7, 11) is 0. The van der Waals surface area contributed by atoms with E-state index in [-0.39, 0.29) is 6.04 Å². The maximum atomic E-state index is 4.58. The molecule has 2 aromatic rings. The first-order chi connectivity index (χ1) is 14.3. The summed E-state index contributed by atoms with van der Waals surface area (Å²) in [6.45, 7) is 6.66. The number of benzene rings is 1. The molecule has 2 saturated carbocycles. The van der Waals surface area contributed by atoms with Crippen molar-refractivity contribution in [2.45, 2.75) is 76.4 Å². The van der Waals surface area contributed by atoms with E-state index in [9.17, 15) is 0 Å². The van der Waals surface area contributed by atoms with E-state index in [1.165, 1.54) is 62.5 Å². The van der Waals surface area contributed by atoms with Gasteiger partial charge in [-0.05, 0) is 48.6 Å². The second-order valence-electron chi connectivity index (χ2n) is 9.24. The first-order valence-electron chi connectivity index (χ1n) is 11.6. The number of nitrogens with zero attached hydrogens (tertiary/aromatic N) is 6. The van der Waals surface area contributed by atoms with Gasteiger partial charge in [0.25, 0.3) is 0 Å². The summed E-state index contributed by atoms with van der Waals surface area (Å²) < 4.78 is 2.15. The summed E-state index contributed by atoms with van der Waals surface area (Å²) in [6.07, 6.45) is 10.6. The molecule has 5 rings (SSSR count). The lowest BCUT2D eigenvalue weighted by Gasteiger charge is -2.41. The smallest absolute Gasteiger partial charge is 0.173 e. The van der Waals surface area contributed by atoms with E-state index < -0.39 is 0 Å². The Morgan fingerprint density at radius 1 is 0.828 bits per heavy atom. The topological polar surface area (TPSA) is 50.1 Å². The molecule has 6 heteroatoms. The Morgan fingerprint density at radius 2 is 1.45 bits per heavy atom. The van der Waals surface area contributed by atoms with Gasteiger partial charge in [-0.1, -0.05) is 55.5 Å². The molecule has 0 spiro atoms. The van der Waals surface area contributed by atoms with Gasteiger partial charge in [0.1, 0.15) is 0 Å². The van der Waals surface area contributed by atoms with Gasteiger partial charge in [-0.15, -0.1) is 5.10 Å². The van der Waals surface area contributed by atoms with Gasteiger partial charge in [0, 0.05) is 32.2 Å². The average molecular weight is 395 g/mol. The van der Waals surface area contributed by atoms with E-state index in [1.54, 1.807) is 0 Å². The van der Waals surface area contributed by atoms with Gasteiger partial charge in [-0.3, -0.25) is 9.80 Å². The van der Waals surface area contributed by atoms with E-state index in [4.69, 9.17) is 0 Å². The van der Waals surface area contributed by atoms with Gasteiger partial charge < -0.3 is 0 Å². The Labute approximate surface area is 174 Å². The van der Waals surface area contributed by atoms with Crippen molar-refractivity contribution in [1.29, 1.82) is 0 Å². The van der Waals surface area contributed by atoms with Crippen LogP contribution < -0.4 is 0 Å². The van der Waals surface area contributed by atoms with Gasteiger partial charge in [0.15, 0.2) is 5.82 Å². The van der Waals surface area contributed by atoms with Crippen molar-refractivity contribution < 1.29 is 0 Å². The highest BCUT2D eigenvalue weighted by molar-refractivity contribution is 5.28. The molecule has 6 nitrogen and oxygen atoms in total. The third kappa shape index (κ3) is 3.97. The van der Waals surface area contributed by atoms with Crippen LogP contribution in [0.25, 0.3) is 0 Å². The van der Waals surface area contributed by atoms with Crippen molar-refractivity contribution in [3.8, 4) is 0 Å². The maximum Gasteiger partial charge on any atom is 0.173 e. The van der Waals surface area contributed by atoms with E-state index >= 15 is 0 Å². The molecule has 2 heterocycles. The molecule has 0 bridgehead atoms. The van der Waals surface area contributed by atoms with Crippen molar-refractivity contribution in [2.75, 3.05) is 26.2 Å². The minimum Gasteiger partial charge on any atom is -0.298 e. The maximum absolute atomic E-state index is 4.58. The minimum absolute atomic E-state index is 0.150. The number of tetrazole rings is 1. The Hall–Kier alpha value is -1.79. The Kier molecular flexibility index (Phi) is 5.64. The molecular weight excluding hydrogens is 360 g/mol. The van der Waals surface area contributed by atoms with Crippen LogP contribution in [0, 0.1) is 6.92 Å². The Morgan fingerprint density at radius 3 is 2.10 bits per heavy atom. The van der Waals surface area contributed by atoms with Crippen molar-refractivity contribution in [1.82, 2.24) is 30.0 Å². The third-order valence-corrected chi connectivity index (χ3v) is 7.38. The van der Waals surface area contributed by atoms with Crippen molar-refractivity contribution in [3.63, 3.8) is 0 Å². The summed E-state index contributed by atoms with van der Waals surface area (Å²) in [5.74, 6) is 1.04. The second kappa shape index (κ2) is 8.52. The van der Waals surface area contributed by atoms with E-state index in [0.717, 1.165) is 38.0 Å². The van der Waals surface area contributed by atoms with Gasteiger partial charge in [0.05, 0.1) is 12.1 Å². The Balaban J connectivity index is 1.41. The number of aryl methyl sites for hydroxylation is 1. The van der Waals surface area contributed by atoms with Crippen molar-refractivity contribution in [3.05, 3.63) is 41.2 Å². The van der Waals surface area contributed by atoms with Gasteiger partial charge in [0.2, 0.25) is 0 Å². The molecule has 1 saturated heterocycles. The molecule has 29 heavy (non-hydrogen) atoms. The molecule has 3 aliphatic rings. The number of hydrogen-bond donors (Lipinski definition) is 0. The largest absolute Gasteiger partial charge is 0.298 e. The number of rotatable bonds is 5. The molecule has 1 atom stereocenters. The van der Waals surface area contributed by atoms with Crippen molar-refractivity contribution >= 4 is 0 Å². The molecule has 1 aliphatic heterocycles. The van der Waals surface area contributed by atoms with Crippen LogP contribution in [0.5, 0.6) is 0 Å². The molecule has 1 unspecified atom stereocenters. The molecule has 0 amide bonds. The highest BCUT2D eigenvalue weighted by atomic mass is 15.6. The molecule has 2 aliphatic carbocycles. The normalized spacial score (nSPS) is 23.8. The van der Waals surface area contributed by atoms with Crippen LogP contribution in [0.3, 0.4) is 0 Å². The van der Waals surface area contributed by atoms with Crippen LogP contribution in [-0.2, 0) is 0 Å². The molecular formula is C23H34N6. The summed E-state index contributed by atoms with van der Waals surface area (Å²) in [6, 6.07) is 10.4. The molecule has 156 valence electrons. The fourth-order valence-electron chi connectivity index (χ4n) is 5.69. The zero-order chi connectivity index (χ0) is 19.6. The molecule has 1 aromatic carbocycles. The Bertz CT molecular complexity index is 780. The van der Waals surface area contributed by atoms with Gasteiger partial charge in [-0.2, -0.15) is 0 Å². The van der Waals surface area contributed by atoms with Crippen LogP contribution >= 0.6 is 0 Å². The predicted octanol–water partition coefficient (Wildman–Crippen LogP) is 3.75. The summed E-state index contributed by atoms with van der Waals surface area (Å²) in [4.78, 5) is 5.35. The second-order valence-corrected chi connectivity index (χ2v) is 9.24. The summed E-state index contributed by atoms with van der Waals surface area (Å²) >= 11 is 0. The zero-order valence-corrected chi connectivity index (χ0v) is 17.7. The molecule has 1 aromatic heterocycles. The number of aromatic nitrogens is 4. The quantitative estimate of drug-likeness (QED) is 0.773. The summed E-state index contributed by atoms with van der Waals surface area (Å²) in [5.41, 5.74) is 2.62. The molecule has 0 N–H and O–H groups in total. The highest BCUT2D eigenvalue weighted by Crippen LogP contribution is 2.35. The van der Waals surface area contributed by atoms with Crippen LogP contribution in [0.2, 0.25) is 0 Å². The fourth-order valence-corrected chi connectivity index (χ4v) is 5.69. The standard InChI is InChI=1S/C23H34N6/c1-18-10-12-19(13-11-18)22(23-24-25-26-29(23)21-8-4-5-9-21)28-16-14-27(15-17-28)20-6-2-3-7-20/h10-13,20-22H,2-9,14-17H2,1H3. The van der Waals surface area contributed by atoms with E-state index in [2.05, 4.69) is 61.2 Å².